The Balaban J connectivity index is 2.96. The van der Waals surface area contributed by atoms with Crippen LogP contribution < -0.4 is 15.5 Å². The standard InChI is InChI=1S/C14H22N2O3/c1-6-9-7-11(17)10(12(16-9)19-5)8-15-13(18)14(2,3)4/h7H,6,8H2,1-5H3,(H,15,18)(H,16,17). The molecule has 0 bridgehead atoms. The quantitative estimate of drug-likeness (QED) is 0.869. The molecule has 0 saturated heterocycles. The Morgan fingerprint density at radius 2 is 2.05 bits per heavy atom. The number of ether oxygens (including phenoxy) is 1. The van der Waals surface area contributed by atoms with Crippen LogP contribution in [0.4, 0.5) is 0 Å². The summed E-state index contributed by atoms with van der Waals surface area (Å²) >= 11 is 0. The second-order valence-corrected chi connectivity index (χ2v) is 5.46. The van der Waals surface area contributed by atoms with Crippen LogP contribution in [-0.4, -0.2) is 18.0 Å². The lowest BCUT2D eigenvalue weighted by atomic mass is 9.95. The van der Waals surface area contributed by atoms with Gasteiger partial charge in [0.05, 0.1) is 19.2 Å². The number of H-pyrrole nitrogens is 1. The molecule has 2 N–H and O–H groups in total. The van der Waals surface area contributed by atoms with Crippen LogP contribution in [0.3, 0.4) is 0 Å². The van der Waals surface area contributed by atoms with Gasteiger partial charge in [0.25, 0.3) is 0 Å². The number of rotatable bonds is 4. The number of pyridine rings is 1. The molecule has 1 amide bonds. The monoisotopic (exact) mass is 266 g/mol. The second-order valence-electron chi connectivity index (χ2n) is 5.46. The van der Waals surface area contributed by atoms with Crippen molar-refractivity contribution in [3.63, 3.8) is 0 Å². The highest BCUT2D eigenvalue weighted by Gasteiger charge is 2.21. The molecule has 1 aromatic heterocycles. The Bertz CT molecular complexity index is 512. The van der Waals surface area contributed by atoms with E-state index in [2.05, 4.69) is 10.3 Å². The Kier molecular flexibility index (Phi) is 4.75. The zero-order valence-corrected chi connectivity index (χ0v) is 12.2. The van der Waals surface area contributed by atoms with Crippen molar-refractivity contribution in [3.8, 4) is 5.88 Å². The molecule has 0 radical (unpaired) electrons. The van der Waals surface area contributed by atoms with Crippen molar-refractivity contribution in [1.29, 1.82) is 0 Å². The van der Waals surface area contributed by atoms with Crippen molar-refractivity contribution in [3.05, 3.63) is 27.5 Å². The third-order valence-corrected chi connectivity index (χ3v) is 2.84. The smallest absolute Gasteiger partial charge is 0.225 e. The maximum absolute atomic E-state index is 12.0. The number of aromatic amines is 1. The molecule has 0 aliphatic heterocycles. The summed E-state index contributed by atoms with van der Waals surface area (Å²) in [5.41, 5.74) is 0.648. The van der Waals surface area contributed by atoms with Gasteiger partial charge in [-0.1, -0.05) is 27.7 Å². The lowest BCUT2D eigenvalue weighted by molar-refractivity contribution is -0.128. The van der Waals surface area contributed by atoms with E-state index < -0.39 is 5.41 Å². The van der Waals surface area contributed by atoms with Crippen LogP contribution in [0, 0.1) is 5.41 Å². The van der Waals surface area contributed by atoms with E-state index in [1.807, 2.05) is 27.7 Å². The lowest BCUT2D eigenvalue weighted by Gasteiger charge is -2.18. The number of nitrogens with one attached hydrogen (secondary N) is 2. The van der Waals surface area contributed by atoms with Crippen molar-refractivity contribution < 1.29 is 9.53 Å². The van der Waals surface area contributed by atoms with Crippen LogP contribution in [-0.2, 0) is 17.8 Å². The molecule has 5 heteroatoms. The minimum Gasteiger partial charge on any atom is -0.482 e. The summed E-state index contributed by atoms with van der Waals surface area (Å²) in [5, 5.41) is 2.75. The molecule has 1 rings (SSSR count). The van der Waals surface area contributed by atoms with Gasteiger partial charge in [-0.2, -0.15) is 0 Å². The SMILES string of the molecule is CCc1cc(=O)c(CNC(=O)C(C)(C)C)c(OC)[nH]1. The Hall–Kier alpha value is -1.78. The number of methoxy groups -OCH3 is 1. The van der Waals surface area contributed by atoms with Gasteiger partial charge < -0.3 is 15.0 Å². The van der Waals surface area contributed by atoms with Crippen molar-refractivity contribution >= 4 is 5.91 Å². The highest BCUT2D eigenvalue weighted by molar-refractivity contribution is 5.81. The van der Waals surface area contributed by atoms with Gasteiger partial charge in [-0.25, -0.2) is 0 Å². The topological polar surface area (TPSA) is 71.2 Å². The molecule has 0 aromatic carbocycles. The first kappa shape index (κ1) is 15.3. The van der Waals surface area contributed by atoms with E-state index in [1.54, 1.807) is 6.07 Å². The third kappa shape index (κ3) is 3.84. The highest BCUT2D eigenvalue weighted by Crippen LogP contribution is 2.15. The molecule has 5 nitrogen and oxygen atoms in total. The van der Waals surface area contributed by atoms with Gasteiger partial charge >= 0.3 is 0 Å². The number of amides is 1. The molecule has 0 saturated carbocycles. The number of aromatic nitrogens is 1. The summed E-state index contributed by atoms with van der Waals surface area (Å²) in [7, 11) is 1.50. The van der Waals surface area contributed by atoms with E-state index in [0.717, 1.165) is 12.1 Å². The summed E-state index contributed by atoms with van der Waals surface area (Å²) in [6.45, 7) is 7.59. The Labute approximate surface area is 113 Å². The maximum atomic E-state index is 12.0. The Morgan fingerprint density at radius 1 is 1.42 bits per heavy atom. The fourth-order valence-electron chi connectivity index (χ4n) is 1.58. The molecule has 106 valence electrons. The number of hydrogen-bond donors (Lipinski definition) is 2. The lowest BCUT2D eigenvalue weighted by Crippen LogP contribution is -2.35. The van der Waals surface area contributed by atoms with E-state index >= 15 is 0 Å². The highest BCUT2D eigenvalue weighted by atomic mass is 16.5. The van der Waals surface area contributed by atoms with Crippen molar-refractivity contribution in [2.45, 2.75) is 40.7 Å². The molecule has 0 aliphatic carbocycles. The van der Waals surface area contributed by atoms with E-state index in [-0.39, 0.29) is 17.9 Å². The van der Waals surface area contributed by atoms with E-state index in [9.17, 15) is 9.59 Å². The molecule has 1 aromatic rings. The van der Waals surface area contributed by atoms with Crippen molar-refractivity contribution in [2.24, 2.45) is 5.41 Å². The van der Waals surface area contributed by atoms with E-state index in [4.69, 9.17) is 4.74 Å². The van der Waals surface area contributed by atoms with Crippen LogP contribution >= 0.6 is 0 Å². The zero-order chi connectivity index (χ0) is 14.6. The molecule has 0 spiro atoms. The van der Waals surface area contributed by atoms with Gasteiger partial charge in [-0.05, 0) is 6.42 Å². The van der Waals surface area contributed by atoms with Gasteiger partial charge in [0.15, 0.2) is 11.3 Å². The minimum absolute atomic E-state index is 0.103. The van der Waals surface area contributed by atoms with Gasteiger partial charge in [-0.3, -0.25) is 9.59 Å². The normalized spacial score (nSPS) is 11.2. The van der Waals surface area contributed by atoms with Crippen LogP contribution in [0.2, 0.25) is 0 Å². The first-order valence-electron chi connectivity index (χ1n) is 6.37. The zero-order valence-electron chi connectivity index (χ0n) is 12.2. The van der Waals surface area contributed by atoms with Crippen molar-refractivity contribution in [1.82, 2.24) is 10.3 Å². The molecule has 19 heavy (non-hydrogen) atoms. The third-order valence-electron chi connectivity index (χ3n) is 2.84. The molecular weight excluding hydrogens is 244 g/mol. The van der Waals surface area contributed by atoms with Crippen LogP contribution in [0.1, 0.15) is 39.0 Å². The summed E-state index contributed by atoms with van der Waals surface area (Å²) in [6.07, 6.45) is 0.722. The van der Waals surface area contributed by atoms with Gasteiger partial charge in [0.1, 0.15) is 0 Å². The van der Waals surface area contributed by atoms with Crippen LogP contribution in [0.5, 0.6) is 5.88 Å². The molecule has 0 aliphatic rings. The molecule has 0 fully saturated rings. The number of carbonyl (C=O) groups is 1. The fraction of sp³-hybridized carbons (Fsp3) is 0.571. The number of carbonyl (C=O) groups excluding carboxylic acids is 1. The molecule has 1 heterocycles. The molecule has 0 atom stereocenters. The van der Waals surface area contributed by atoms with E-state index in [1.165, 1.54) is 7.11 Å². The summed E-state index contributed by atoms with van der Waals surface area (Å²) in [4.78, 5) is 26.8. The summed E-state index contributed by atoms with van der Waals surface area (Å²) in [6, 6.07) is 1.54. The average Bonchev–Trinajstić information content (AvgIpc) is 2.34. The van der Waals surface area contributed by atoms with E-state index in [0.29, 0.717) is 11.4 Å². The van der Waals surface area contributed by atoms with Gasteiger partial charge in [0.2, 0.25) is 5.91 Å². The van der Waals surface area contributed by atoms with Crippen LogP contribution in [0.25, 0.3) is 0 Å². The molecular formula is C14H22N2O3. The second kappa shape index (κ2) is 5.91. The fourth-order valence-corrected chi connectivity index (χ4v) is 1.58. The Morgan fingerprint density at radius 3 is 2.53 bits per heavy atom. The summed E-state index contributed by atoms with van der Waals surface area (Å²) < 4.78 is 5.18. The minimum atomic E-state index is -0.483. The summed E-state index contributed by atoms with van der Waals surface area (Å²) in [5.74, 6) is 0.312. The number of aryl methyl sites for hydroxylation is 1. The van der Waals surface area contributed by atoms with Crippen molar-refractivity contribution in [2.75, 3.05) is 7.11 Å². The average molecular weight is 266 g/mol. The first-order chi connectivity index (χ1) is 8.79. The predicted molar refractivity (Wildman–Crippen MR) is 74.3 cm³/mol. The number of hydrogen-bond acceptors (Lipinski definition) is 3. The molecule has 0 unspecified atom stereocenters. The van der Waals surface area contributed by atoms with Crippen LogP contribution in [0.15, 0.2) is 10.9 Å². The maximum Gasteiger partial charge on any atom is 0.225 e. The van der Waals surface area contributed by atoms with Gasteiger partial charge in [0, 0.05) is 17.2 Å². The predicted octanol–water partition coefficient (Wildman–Crippen LogP) is 1.61. The largest absolute Gasteiger partial charge is 0.482 e. The van der Waals surface area contributed by atoms with Gasteiger partial charge in [-0.15, -0.1) is 0 Å². The first-order valence-corrected chi connectivity index (χ1v) is 6.37.